The monoisotopic (exact) mass is 421 g/mol. The second-order valence-electron chi connectivity index (χ2n) is 9.24. The lowest BCUT2D eigenvalue weighted by Gasteiger charge is -2.38. The van der Waals surface area contributed by atoms with Crippen molar-refractivity contribution in [3.63, 3.8) is 0 Å². The van der Waals surface area contributed by atoms with Crippen molar-refractivity contribution in [3.8, 4) is 0 Å². The van der Waals surface area contributed by atoms with Gasteiger partial charge in [0.1, 0.15) is 0 Å². The van der Waals surface area contributed by atoms with E-state index in [9.17, 15) is 0 Å². The molecule has 3 heterocycles. The normalized spacial score (nSPS) is 19.3. The first-order valence-electron chi connectivity index (χ1n) is 10.0. The van der Waals surface area contributed by atoms with E-state index in [1.54, 1.807) is 6.20 Å². The van der Waals surface area contributed by atoms with Gasteiger partial charge in [0.2, 0.25) is 0 Å². The summed E-state index contributed by atoms with van der Waals surface area (Å²) >= 11 is 6.24. The molecule has 3 rings (SSSR count). The van der Waals surface area contributed by atoms with Gasteiger partial charge >= 0.3 is 0 Å². The molecule has 0 bridgehead atoms. The second-order valence-corrected chi connectivity index (χ2v) is 14.4. The fourth-order valence-corrected chi connectivity index (χ4v) is 4.79. The number of piperidine rings is 1. The number of anilines is 1. The van der Waals surface area contributed by atoms with Crippen molar-refractivity contribution in [2.75, 3.05) is 32.0 Å². The molecule has 154 valence electrons. The molecule has 0 saturated carbocycles. The molecule has 1 saturated heterocycles. The van der Waals surface area contributed by atoms with Crippen LogP contribution in [0.4, 0.5) is 5.82 Å². The van der Waals surface area contributed by atoms with E-state index in [2.05, 4.69) is 53.9 Å². The van der Waals surface area contributed by atoms with Crippen LogP contribution in [-0.4, -0.2) is 54.6 Å². The summed E-state index contributed by atoms with van der Waals surface area (Å²) in [6.07, 6.45) is 4.02. The summed E-state index contributed by atoms with van der Waals surface area (Å²) in [6.45, 7) is 15.2. The predicted octanol–water partition coefficient (Wildman–Crippen LogP) is 4.46. The highest BCUT2D eigenvalue weighted by Gasteiger charge is 2.37. The van der Waals surface area contributed by atoms with Gasteiger partial charge < -0.3 is 15.1 Å². The van der Waals surface area contributed by atoms with Crippen molar-refractivity contribution in [3.05, 3.63) is 23.1 Å². The lowest BCUT2D eigenvalue weighted by Crippen LogP contribution is -2.44. The lowest BCUT2D eigenvalue weighted by molar-refractivity contribution is 0.163. The fourth-order valence-electron chi connectivity index (χ4n) is 3.56. The summed E-state index contributed by atoms with van der Waals surface area (Å²) in [4.78, 5) is 7.14. The van der Waals surface area contributed by atoms with Crippen molar-refractivity contribution >= 4 is 36.5 Å². The van der Waals surface area contributed by atoms with Gasteiger partial charge in [0, 0.05) is 37.2 Å². The Balaban J connectivity index is 1.71. The maximum atomic E-state index is 6.37. The van der Waals surface area contributed by atoms with Gasteiger partial charge in [-0.05, 0) is 43.6 Å². The first kappa shape index (κ1) is 21.4. The molecule has 0 amide bonds. The molecular weight excluding hydrogens is 390 g/mol. The van der Waals surface area contributed by atoms with E-state index in [1.165, 1.54) is 0 Å². The smallest absolute Gasteiger partial charge is 0.192 e. The molecule has 0 aliphatic carbocycles. The average Bonchev–Trinajstić information content (AvgIpc) is 2.63. The fraction of sp³-hybridized carbons (Fsp3) is 0.650. The van der Waals surface area contributed by atoms with Crippen LogP contribution in [-0.2, 0) is 4.43 Å². The van der Waals surface area contributed by atoms with Crippen LogP contribution in [0.25, 0.3) is 10.8 Å². The minimum Gasteiger partial charge on any atom is -0.416 e. The van der Waals surface area contributed by atoms with E-state index in [-0.39, 0.29) is 5.04 Å². The number of hydrogen-bond acceptors (Lipinski definition) is 6. The molecule has 0 radical (unpaired) electrons. The zero-order valence-electron chi connectivity index (χ0n) is 17.6. The summed E-state index contributed by atoms with van der Waals surface area (Å²) in [5.41, 5.74) is 7.12. The Morgan fingerprint density at radius 3 is 2.79 bits per heavy atom. The second kappa shape index (κ2) is 8.22. The van der Waals surface area contributed by atoms with Gasteiger partial charge in [0.25, 0.3) is 0 Å². The number of fused-ring (bicyclic) bond motifs is 1. The summed E-state index contributed by atoms with van der Waals surface area (Å²) in [5.74, 6) is 0.716. The summed E-state index contributed by atoms with van der Waals surface area (Å²) in [6, 6.07) is 1.86. The number of pyridine rings is 1. The Morgan fingerprint density at radius 2 is 2.07 bits per heavy atom. The lowest BCUT2D eigenvalue weighted by atomic mass is 9.91. The standard InChI is InChI=1S/C20H32ClN5OSi/c1-20(2,3)28(4,5)27-12-11-26-10-6-7-14(13-26)17-16-15(8-9-23-17)18(21)24-25-19(16)22/h8-9,14H,6-7,10-13H2,1-5H3,(H2,22,25)/t14-/m1/s1. The highest BCUT2D eigenvalue weighted by Crippen LogP contribution is 2.37. The zero-order valence-corrected chi connectivity index (χ0v) is 19.4. The molecule has 0 spiro atoms. The highest BCUT2D eigenvalue weighted by molar-refractivity contribution is 6.74. The van der Waals surface area contributed by atoms with E-state index >= 15 is 0 Å². The van der Waals surface area contributed by atoms with Gasteiger partial charge in [0.05, 0.1) is 11.1 Å². The molecule has 6 nitrogen and oxygen atoms in total. The van der Waals surface area contributed by atoms with Crippen molar-refractivity contribution in [1.82, 2.24) is 20.1 Å². The highest BCUT2D eigenvalue weighted by atomic mass is 35.5. The zero-order chi connectivity index (χ0) is 20.5. The number of rotatable bonds is 5. The third-order valence-electron chi connectivity index (χ3n) is 6.27. The van der Waals surface area contributed by atoms with Gasteiger partial charge in [-0.1, -0.05) is 32.4 Å². The van der Waals surface area contributed by atoms with Gasteiger partial charge in [-0.15, -0.1) is 10.2 Å². The average molecular weight is 422 g/mol. The topological polar surface area (TPSA) is 77.2 Å². The molecule has 2 aromatic heterocycles. The molecule has 8 heteroatoms. The maximum Gasteiger partial charge on any atom is 0.192 e. The third-order valence-corrected chi connectivity index (χ3v) is 11.1. The Morgan fingerprint density at radius 1 is 1.32 bits per heavy atom. The Hall–Kier alpha value is -1.28. The number of nitrogens with two attached hydrogens (primary N) is 1. The largest absolute Gasteiger partial charge is 0.416 e. The van der Waals surface area contributed by atoms with Gasteiger partial charge in [-0.3, -0.25) is 4.98 Å². The van der Waals surface area contributed by atoms with Crippen LogP contribution >= 0.6 is 11.6 Å². The molecule has 28 heavy (non-hydrogen) atoms. The van der Waals surface area contributed by atoms with Gasteiger partial charge in [-0.2, -0.15) is 0 Å². The van der Waals surface area contributed by atoms with Crippen LogP contribution in [0.3, 0.4) is 0 Å². The van der Waals surface area contributed by atoms with E-state index in [0.717, 1.165) is 55.5 Å². The molecule has 1 fully saturated rings. The number of aromatic nitrogens is 3. The van der Waals surface area contributed by atoms with Crippen LogP contribution < -0.4 is 5.73 Å². The first-order chi connectivity index (χ1) is 13.1. The predicted molar refractivity (Wildman–Crippen MR) is 118 cm³/mol. The molecule has 2 aromatic rings. The van der Waals surface area contributed by atoms with E-state index in [1.807, 2.05) is 6.07 Å². The summed E-state index contributed by atoms with van der Waals surface area (Å²) < 4.78 is 6.37. The van der Waals surface area contributed by atoms with E-state index < -0.39 is 8.32 Å². The number of likely N-dealkylation sites (tertiary alicyclic amines) is 1. The van der Waals surface area contributed by atoms with Crippen molar-refractivity contribution < 1.29 is 4.43 Å². The molecule has 1 atom stereocenters. The number of nitrogen functional groups attached to an aromatic ring is 1. The van der Waals surface area contributed by atoms with Gasteiger partial charge in [-0.25, -0.2) is 0 Å². The SMILES string of the molecule is CC(C)(C)[Si](C)(C)OCCN1CCC[C@@H](c2nccc3c(Cl)nnc(N)c23)C1. The van der Waals surface area contributed by atoms with Crippen LogP contribution in [0.15, 0.2) is 12.3 Å². The summed E-state index contributed by atoms with van der Waals surface area (Å²) in [7, 11) is -1.71. The van der Waals surface area contributed by atoms with Crippen LogP contribution in [0, 0.1) is 0 Å². The Kier molecular flexibility index (Phi) is 6.29. The van der Waals surface area contributed by atoms with Crippen molar-refractivity contribution in [1.29, 1.82) is 0 Å². The first-order valence-corrected chi connectivity index (χ1v) is 13.3. The van der Waals surface area contributed by atoms with E-state index in [4.69, 9.17) is 21.8 Å². The maximum absolute atomic E-state index is 6.37. The van der Waals surface area contributed by atoms with Crippen LogP contribution in [0.2, 0.25) is 23.3 Å². The third kappa shape index (κ3) is 4.48. The molecule has 0 unspecified atom stereocenters. The minimum absolute atomic E-state index is 0.238. The molecule has 1 aliphatic heterocycles. The number of nitrogens with zero attached hydrogens (tertiary/aromatic N) is 4. The van der Waals surface area contributed by atoms with Crippen LogP contribution in [0.1, 0.15) is 45.2 Å². The molecule has 0 aromatic carbocycles. The molecule has 2 N–H and O–H groups in total. The minimum atomic E-state index is -1.71. The van der Waals surface area contributed by atoms with Crippen LogP contribution in [0.5, 0.6) is 0 Å². The molecular formula is C20H32ClN5OSi. The van der Waals surface area contributed by atoms with E-state index in [0.29, 0.717) is 16.9 Å². The number of halogens is 1. The van der Waals surface area contributed by atoms with Gasteiger partial charge in [0.15, 0.2) is 19.3 Å². The van der Waals surface area contributed by atoms with Crippen molar-refractivity contribution in [2.24, 2.45) is 0 Å². The Bertz CT molecular complexity index is 839. The summed E-state index contributed by atoms with van der Waals surface area (Å²) in [5, 5.41) is 10.2. The molecule has 1 aliphatic rings. The number of hydrogen-bond donors (Lipinski definition) is 1. The Labute approximate surface area is 173 Å². The quantitative estimate of drug-likeness (QED) is 0.718. The van der Waals surface area contributed by atoms with Crippen molar-refractivity contribution in [2.45, 2.75) is 57.7 Å².